The van der Waals surface area contributed by atoms with Gasteiger partial charge in [0.15, 0.2) is 5.69 Å². The van der Waals surface area contributed by atoms with Crippen LogP contribution in [-0.4, -0.2) is 33.4 Å². The number of hydrogen-bond acceptors (Lipinski definition) is 4. The molecule has 134 valence electrons. The summed E-state index contributed by atoms with van der Waals surface area (Å²) < 4.78 is 1.58. The quantitative estimate of drug-likeness (QED) is 0.841. The Hall–Kier alpha value is -2.47. The van der Waals surface area contributed by atoms with Gasteiger partial charge in [-0.25, -0.2) is 4.68 Å². The monoisotopic (exact) mass is 343 g/mol. The number of aliphatic hydroxyl groups is 1. The SMILES string of the molecule is Cc1cc(=O)c(C(=O)NCC(C)(C)CC(C)O)nn1-c1ccccc1. The van der Waals surface area contributed by atoms with Crippen LogP contribution in [0.2, 0.25) is 0 Å². The summed E-state index contributed by atoms with van der Waals surface area (Å²) in [5, 5.41) is 16.5. The predicted molar refractivity (Wildman–Crippen MR) is 97.0 cm³/mol. The van der Waals surface area contributed by atoms with E-state index in [9.17, 15) is 14.7 Å². The van der Waals surface area contributed by atoms with Crippen LogP contribution in [0, 0.1) is 12.3 Å². The van der Waals surface area contributed by atoms with Crippen molar-refractivity contribution in [3.05, 3.63) is 58.0 Å². The van der Waals surface area contributed by atoms with Crippen LogP contribution in [0.25, 0.3) is 5.69 Å². The number of carbonyl (C=O) groups is 1. The van der Waals surface area contributed by atoms with Gasteiger partial charge in [0.25, 0.3) is 5.91 Å². The fourth-order valence-electron chi connectivity index (χ4n) is 2.81. The lowest BCUT2D eigenvalue weighted by Crippen LogP contribution is -2.38. The van der Waals surface area contributed by atoms with Gasteiger partial charge in [-0.15, -0.1) is 0 Å². The molecule has 1 aromatic heterocycles. The normalized spacial score (nSPS) is 12.7. The van der Waals surface area contributed by atoms with Crippen LogP contribution in [0.3, 0.4) is 0 Å². The summed E-state index contributed by atoms with van der Waals surface area (Å²) in [5.74, 6) is -0.506. The van der Waals surface area contributed by atoms with Gasteiger partial charge in [0, 0.05) is 18.3 Å². The Balaban J connectivity index is 2.24. The summed E-state index contributed by atoms with van der Waals surface area (Å²) in [6, 6.07) is 10.8. The first kappa shape index (κ1) is 18.9. The average molecular weight is 343 g/mol. The number of aliphatic hydroxyl groups excluding tert-OH is 1. The summed E-state index contributed by atoms with van der Waals surface area (Å²) in [5.41, 5.74) is 0.607. The molecule has 0 saturated heterocycles. The average Bonchev–Trinajstić information content (AvgIpc) is 2.52. The molecule has 0 saturated carbocycles. The maximum absolute atomic E-state index is 12.4. The predicted octanol–water partition coefficient (Wildman–Crippen LogP) is 2.07. The van der Waals surface area contributed by atoms with Crippen molar-refractivity contribution < 1.29 is 9.90 Å². The summed E-state index contributed by atoms with van der Waals surface area (Å²) in [7, 11) is 0. The van der Waals surface area contributed by atoms with Gasteiger partial charge in [-0.05, 0) is 37.8 Å². The minimum Gasteiger partial charge on any atom is -0.393 e. The molecule has 2 rings (SSSR count). The smallest absolute Gasteiger partial charge is 0.275 e. The molecule has 0 spiro atoms. The van der Waals surface area contributed by atoms with Gasteiger partial charge < -0.3 is 10.4 Å². The van der Waals surface area contributed by atoms with Crippen LogP contribution < -0.4 is 10.7 Å². The van der Waals surface area contributed by atoms with Gasteiger partial charge in [-0.2, -0.15) is 5.10 Å². The number of rotatable bonds is 6. The van der Waals surface area contributed by atoms with Crippen LogP contribution in [0.15, 0.2) is 41.2 Å². The second kappa shape index (κ2) is 7.61. The first-order valence-electron chi connectivity index (χ1n) is 8.32. The number of amides is 1. The lowest BCUT2D eigenvalue weighted by Gasteiger charge is -2.26. The number of aromatic nitrogens is 2. The number of benzene rings is 1. The number of nitrogens with one attached hydrogen (secondary N) is 1. The van der Waals surface area contributed by atoms with Crippen LogP contribution in [0.4, 0.5) is 0 Å². The minimum atomic E-state index is -0.506. The van der Waals surface area contributed by atoms with E-state index in [0.717, 1.165) is 5.69 Å². The number of para-hydroxylation sites is 1. The molecule has 1 atom stereocenters. The molecule has 0 radical (unpaired) electrons. The van der Waals surface area contributed by atoms with E-state index in [1.807, 2.05) is 44.2 Å². The highest BCUT2D eigenvalue weighted by molar-refractivity contribution is 5.92. The number of nitrogens with zero attached hydrogens (tertiary/aromatic N) is 2. The zero-order chi connectivity index (χ0) is 18.6. The first-order chi connectivity index (χ1) is 11.7. The molecule has 0 aliphatic heterocycles. The molecule has 2 aromatic rings. The number of aryl methyl sites for hydroxylation is 1. The van der Waals surface area contributed by atoms with Crippen LogP contribution in [0.5, 0.6) is 0 Å². The second-order valence-corrected chi connectivity index (χ2v) is 7.15. The standard InChI is InChI=1S/C19H25N3O3/c1-13-10-16(24)17(21-22(13)15-8-6-5-7-9-15)18(25)20-12-19(3,4)11-14(2)23/h5-10,14,23H,11-12H2,1-4H3,(H,20,25). The fraction of sp³-hybridized carbons (Fsp3) is 0.421. The number of hydrogen-bond donors (Lipinski definition) is 2. The molecule has 0 aliphatic carbocycles. The lowest BCUT2D eigenvalue weighted by atomic mass is 9.87. The number of carbonyl (C=O) groups excluding carboxylic acids is 1. The van der Waals surface area contributed by atoms with E-state index in [0.29, 0.717) is 18.7 Å². The van der Waals surface area contributed by atoms with Gasteiger partial charge in [-0.3, -0.25) is 9.59 Å². The summed E-state index contributed by atoms with van der Waals surface area (Å²) >= 11 is 0. The fourth-order valence-corrected chi connectivity index (χ4v) is 2.81. The molecule has 1 unspecified atom stereocenters. The van der Waals surface area contributed by atoms with Crippen molar-refractivity contribution in [2.75, 3.05) is 6.54 Å². The van der Waals surface area contributed by atoms with Crippen LogP contribution in [0.1, 0.15) is 43.4 Å². The third-order valence-corrected chi connectivity index (χ3v) is 3.90. The summed E-state index contributed by atoms with van der Waals surface area (Å²) in [4.78, 5) is 24.6. The van der Waals surface area contributed by atoms with Gasteiger partial charge in [0.1, 0.15) is 0 Å². The lowest BCUT2D eigenvalue weighted by molar-refractivity contribution is 0.0894. The van der Waals surface area contributed by atoms with Gasteiger partial charge in [-0.1, -0.05) is 32.0 Å². The van der Waals surface area contributed by atoms with Gasteiger partial charge in [0.2, 0.25) is 5.43 Å². The van der Waals surface area contributed by atoms with Crippen molar-refractivity contribution in [2.45, 2.75) is 40.2 Å². The van der Waals surface area contributed by atoms with Crippen molar-refractivity contribution in [1.82, 2.24) is 15.1 Å². The van der Waals surface area contributed by atoms with E-state index in [2.05, 4.69) is 10.4 Å². The van der Waals surface area contributed by atoms with Crippen molar-refractivity contribution in [2.24, 2.45) is 5.41 Å². The van der Waals surface area contributed by atoms with Gasteiger partial charge in [0.05, 0.1) is 11.8 Å². The molecule has 1 aromatic carbocycles. The van der Waals surface area contributed by atoms with E-state index in [-0.39, 0.29) is 11.1 Å². The molecule has 1 heterocycles. The Morgan fingerprint density at radius 3 is 2.56 bits per heavy atom. The molecule has 1 amide bonds. The zero-order valence-electron chi connectivity index (χ0n) is 15.1. The van der Waals surface area contributed by atoms with E-state index in [4.69, 9.17) is 0 Å². The molecule has 6 heteroatoms. The van der Waals surface area contributed by atoms with Crippen molar-refractivity contribution in [1.29, 1.82) is 0 Å². The van der Waals surface area contributed by atoms with E-state index < -0.39 is 17.4 Å². The molecular formula is C19H25N3O3. The van der Waals surface area contributed by atoms with Crippen molar-refractivity contribution in [3.63, 3.8) is 0 Å². The van der Waals surface area contributed by atoms with E-state index >= 15 is 0 Å². The Labute approximate surface area is 147 Å². The third-order valence-electron chi connectivity index (χ3n) is 3.90. The Bertz CT molecular complexity index is 795. The summed E-state index contributed by atoms with van der Waals surface area (Å²) in [6.45, 7) is 7.73. The third kappa shape index (κ3) is 5.00. The zero-order valence-corrected chi connectivity index (χ0v) is 15.1. The van der Waals surface area contributed by atoms with Crippen LogP contribution >= 0.6 is 0 Å². The molecule has 0 fully saturated rings. The van der Waals surface area contributed by atoms with Crippen molar-refractivity contribution >= 4 is 5.91 Å². The van der Waals surface area contributed by atoms with Gasteiger partial charge >= 0.3 is 0 Å². The molecule has 2 N–H and O–H groups in total. The molecule has 6 nitrogen and oxygen atoms in total. The maximum atomic E-state index is 12.4. The second-order valence-electron chi connectivity index (χ2n) is 7.15. The topological polar surface area (TPSA) is 84.2 Å². The van der Waals surface area contributed by atoms with Crippen LogP contribution in [-0.2, 0) is 0 Å². The van der Waals surface area contributed by atoms with Crippen molar-refractivity contribution in [3.8, 4) is 5.69 Å². The Kier molecular flexibility index (Phi) is 5.74. The Morgan fingerprint density at radius 1 is 1.32 bits per heavy atom. The maximum Gasteiger partial charge on any atom is 0.275 e. The first-order valence-corrected chi connectivity index (χ1v) is 8.32. The minimum absolute atomic E-state index is 0.137. The molecule has 25 heavy (non-hydrogen) atoms. The highest BCUT2D eigenvalue weighted by atomic mass is 16.3. The summed E-state index contributed by atoms with van der Waals surface area (Å²) in [6.07, 6.45) is 0.0859. The molecule has 0 aliphatic rings. The largest absolute Gasteiger partial charge is 0.393 e. The Morgan fingerprint density at radius 2 is 1.96 bits per heavy atom. The van der Waals surface area contributed by atoms with E-state index in [1.54, 1.807) is 18.5 Å². The highest BCUT2D eigenvalue weighted by Crippen LogP contribution is 2.21. The highest BCUT2D eigenvalue weighted by Gasteiger charge is 2.23. The molecule has 0 bridgehead atoms. The van der Waals surface area contributed by atoms with E-state index in [1.165, 1.54) is 6.07 Å². The molecular weight excluding hydrogens is 318 g/mol.